The van der Waals surface area contributed by atoms with Gasteiger partial charge in [-0.25, -0.2) is 4.98 Å². The van der Waals surface area contributed by atoms with Gasteiger partial charge in [-0.15, -0.1) is 11.3 Å². The van der Waals surface area contributed by atoms with Crippen LogP contribution in [0, 0.1) is 10.1 Å². The van der Waals surface area contributed by atoms with Crippen molar-refractivity contribution in [1.82, 2.24) is 9.97 Å². The van der Waals surface area contributed by atoms with Gasteiger partial charge in [-0.05, 0) is 18.4 Å². The van der Waals surface area contributed by atoms with E-state index in [0.717, 1.165) is 11.1 Å². The normalized spacial score (nSPS) is 11.3. The number of nitrogen functional groups attached to an aromatic ring is 1. The Kier molecular flexibility index (Phi) is 3.66. The summed E-state index contributed by atoms with van der Waals surface area (Å²) in [7, 11) is 0. The Morgan fingerprint density at radius 1 is 1.63 bits per heavy atom. The zero-order chi connectivity index (χ0) is 13.8. The number of hydrogen-bond donors (Lipinski definition) is 2. The van der Waals surface area contributed by atoms with E-state index >= 15 is 0 Å². The Morgan fingerprint density at radius 3 is 3.05 bits per heavy atom. The van der Waals surface area contributed by atoms with Crippen LogP contribution in [0.4, 0.5) is 17.5 Å². The summed E-state index contributed by atoms with van der Waals surface area (Å²) in [5.74, 6) is -0.0921. The SMILES string of the molecule is CC(=NNc1nc(N)ncc1[N+](=O)[O-])c1cccs1. The first-order chi connectivity index (χ1) is 9.08. The molecule has 2 aromatic heterocycles. The quantitative estimate of drug-likeness (QED) is 0.500. The maximum atomic E-state index is 10.8. The van der Waals surface area contributed by atoms with E-state index in [-0.39, 0.29) is 17.5 Å². The molecule has 0 saturated carbocycles. The summed E-state index contributed by atoms with van der Waals surface area (Å²) in [6, 6.07) is 3.79. The van der Waals surface area contributed by atoms with E-state index < -0.39 is 4.92 Å². The van der Waals surface area contributed by atoms with Crippen LogP contribution in [-0.4, -0.2) is 20.6 Å². The summed E-state index contributed by atoms with van der Waals surface area (Å²) >= 11 is 1.52. The highest BCUT2D eigenvalue weighted by atomic mass is 32.1. The van der Waals surface area contributed by atoms with Gasteiger partial charge in [0.15, 0.2) is 0 Å². The monoisotopic (exact) mass is 278 g/mol. The highest BCUT2D eigenvalue weighted by molar-refractivity contribution is 7.12. The molecular formula is C10H10N6O2S. The molecule has 0 bridgehead atoms. The number of hydrazone groups is 1. The fourth-order valence-corrected chi connectivity index (χ4v) is 1.96. The molecule has 0 aliphatic carbocycles. The summed E-state index contributed by atoms with van der Waals surface area (Å²) < 4.78 is 0. The van der Waals surface area contributed by atoms with Gasteiger partial charge in [-0.2, -0.15) is 10.1 Å². The average molecular weight is 278 g/mol. The Labute approximate surface area is 112 Å². The van der Waals surface area contributed by atoms with Crippen LogP contribution in [0.3, 0.4) is 0 Å². The van der Waals surface area contributed by atoms with E-state index in [1.165, 1.54) is 11.3 Å². The number of nitrogens with zero attached hydrogens (tertiary/aromatic N) is 4. The van der Waals surface area contributed by atoms with Crippen LogP contribution in [-0.2, 0) is 0 Å². The summed E-state index contributed by atoms with van der Waals surface area (Å²) in [4.78, 5) is 18.5. The van der Waals surface area contributed by atoms with Gasteiger partial charge in [0.2, 0.25) is 11.8 Å². The number of hydrogen-bond acceptors (Lipinski definition) is 8. The Hall–Kier alpha value is -2.55. The minimum Gasteiger partial charge on any atom is -0.368 e. The van der Waals surface area contributed by atoms with E-state index in [1.807, 2.05) is 17.5 Å². The third-order valence-electron chi connectivity index (χ3n) is 2.19. The van der Waals surface area contributed by atoms with Gasteiger partial charge in [0.1, 0.15) is 6.20 Å². The van der Waals surface area contributed by atoms with Gasteiger partial charge in [0.05, 0.1) is 10.6 Å². The van der Waals surface area contributed by atoms with Crippen molar-refractivity contribution in [2.24, 2.45) is 5.10 Å². The standard InChI is InChI=1S/C10H10N6O2S/c1-6(8-3-2-4-19-8)14-15-9-7(16(17)18)5-12-10(11)13-9/h2-5H,1H3,(H3,11,12,13,15). The molecule has 0 radical (unpaired) electrons. The molecule has 8 nitrogen and oxygen atoms in total. The fraction of sp³-hybridized carbons (Fsp3) is 0.100. The van der Waals surface area contributed by atoms with Crippen LogP contribution in [0.5, 0.6) is 0 Å². The second-order valence-corrected chi connectivity index (χ2v) is 4.45. The lowest BCUT2D eigenvalue weighted by atomic mass is 10.3. The maximum Gasteiger partial charge on any atom is 0.331 e. The first-order valence-electron chi connectivity index (χ1n) is 5.19. The van der Waals surface area contributed by atoms with Crippen molar-refractivity contribution in [2.75, 3.05) is 11.2 Å². The third kappa shape index (κ3) is 3.01. The van der Waals surface area contributed by atoms with Gasteiger partial charge >= 0.3 is 5.69 Å². The number of nitro groups is 1. The largest absolute Gasteiger partial charge is 0.368 e. The van der Waals surface area contributed by atoms with Crippen molar-refractivity contribution in [3.05, 3.63) is 38.7 Å². The third-order valence-corrected chi connectivity index (χ3v) is 3.17. The Morgan fingerprint density at radius 2 is 2.42 bits per heavy atom. The minimum atomic E-state index is -0.599. The van der Waals surface area contributed by atoms with Crippen molar-refractivity contribution >= 4 is 34.5 Å². The number of nitrogens with two attached hydrogens (primary N) is 1. The molecule has 98 valence electrons. The number of aromatic nitrogens is 2. The molecule has 2 rings (SSSR count). The van der Waals surface area contributed by atoms with Crippen LogP contribution < -0.4 is 11.2 Å². The second kappa shape index (κ2) is 5.40. The van der Waals surface area contributed by atoms with Crippen LogP contribution in [0.15, 0.2) is 28.8 Å². The summed E-state index contributed by atoms with van der Waals surface area (Å²) in [5, 5.41) is 16.8. The predicted octanol–water partition coefficient (Wildman–Crippen LogP) is 1.86. The van der Waals surface area contributed by atoms with E-state index in [1.54, 1.807) is 6.92 Å². The molecule has 2 heterocycles. The lowest BCUT2D eigenvalue weighted by Crippen LogP contribution is -2.05. The fourth-order valence-electron chi connectivity index (χ4n) is 1.28. The Balaban J connectivity index is 2.26. The van der Waals surface area contributed by atoms with Crippen LogP contribution in [0.2, 0.25) is 0 Å². The summed E-state index contributed by atoms with van der Waals surface area (Å²) in [5.41, 5.74) is 8.36. The second-order valence-electron chi connectivity index (χ2n) is 3.51. The number of anilines is 2. The number of rotatable bonds is 4. The van der Waals surface area contributed by atoms with Crippen molar-refractivity contribution < 1.29 is 4.92 Å². The molecule has 19 heavy (non-hydrogen) atoms. The number of thiophene rings is 1. The molecule has 0 atom stereocenters. The molecule has 9 heteroatoms. The van der Waals surface area contributed by atoms with E-state index in [0.29, 0.717) is 5.71 Å². The zero-order valence-corrected chi connectivity index (χ0v) is 10.7. The molecule has 0 unspecified atom stereocenters. The van der Waals surface area contributed by atoms with Crippen molar-refractivity contribution in [3.63, 3.8) is 0 Å². The van der Waals surface area contributed by atoms with Crippen LogP contribution in [0.1, 0.15) is 11.8 Å². The maximum absolute atomic E-state index is 10.8. The first-order valence-corrected chi connectivity index (χ1v) is 6.07. The predicted molar refractivity (Wildman–Crippen MR) is 73.3 cm³/mol. The van der Waals surface area contributed by atoms with Gasteiger partial charge in [0, 0.05) is 4.88 Å². The van der Waals surface area contributed by atoms with Crippen LogP contribution in [0.25, 0.3) is 0 Å². The zero-order valence-electron chi connectivity index (χ0n) is 9.90. The van der Waals surface area contributed by atoms with Gasteiger partial charge in [0.25, 0.3) is 0 Å². The summed E-state index contributed by atoms with van der Waals surface area (Å²) in [6.07, 6.45) is 1.04. The first kappa shape index (κ1) is 12.9. The molecule has 0 aromatic carbocycles. The van der Waals surface area contributed by atoms with Crippen molar-refractivity contribution in [3.8, 4) is 0 Å². The van der Waals surface area contributed by atoms with E-state index in [2.05, 4.69) is 20.5 Å². The highest BCUT2D eigenvalue weighted by Gasteiger charge is 2.16. The molecule has 0 aliphatic rings. The van der Waals surface area contributed by atoms with Crippen LogP contribution >= 0.6 is 11.3 Å². The molecule has 0 saturated heterocycles. The smallest absolute Gasteiger partial charge is 0.331 e. The van der Waals surface area contributed by atoms with Gasteiger partial charge in [-0.3, -0.25) is 15.5 Å². The summed E-state index contributed by atoms with van der Waals surface area (Å²) in [6.45, 7) is 1.79. The molecular weight excluding hydrogens is 268 g/mol. The Bertz CT molecular complexity index is 625. The average Bonchev–Trinajstić information content (AvgIpc) is 2.89. The molecule has 0 aliphatic heterocycles. The molecule has 0 fully saturated rings. The lowest BCUT2D eigenvalue weighted by Gasteiger charge is -2.02. The van der Waals surface area contributed by atoms with E-state index in [4.69, 9.17) is 5.73 Å². The topological polar surface area (TPSA) is 119 Å². The van der Waals surface area contributed by atoms with Crippen molar-refractivity contribution in [2.45, 2.75) is 6.92 Å². The van der Waals surface area contributed by atoms with Gasteiger partial charge < -0.3 is 5.73 Å². The highest BCUT2D eigenvalue weighted by Crippen LogP contribution is 2.21. The lowest BCUT2D eigenvalue weighted by molar-refractivity contribution is -0.384. The van der Waals surface area contributed by atoms with Crippen molar-refractivity contribution in [1.29, 1.82) is 0 Å². The minimum absolute atomic E-state index is 0.0339. The van der Waals surface area contributed by atoms with E-state index in [9.17, 15) is 10.1 Å². The molecule has 2 aromatic rings. The number of nitrogens with one attached hydrogen (secondary N) is 1. The van der Waals surface area contributed by atoms with Gasteiger partial charge in [-0.1, -0.05) is 6.07 Å². The molecule has 0 amide bonds. The molecule has 3 N–H and O–H groups in total. The molecule has 0 spiro atoms.